The first kappa shape index (κ1) is 25.4. The lowest BCUT2D eigenvalue weighted by atomic mass is 9.87. The van der Waals surface area contributed by atoms with Gasteiger partial charge in [0, 0.05) is 29.9 Å². The Morgan fingerprint density at radius 1 is 1.09 bits per heavy atom. The van der Waals surface area contributed by atoms with Gasteiger partial charge in [-0.15, -0.1) is 0 Å². The lowest BCUT2D eigenvalue weighted by Crippen LogP contribution is -2.51. The molecule has 10 heteroatoms. The van der Waals surface area contributed by atoms with Crippen LogP contribution in [0.4, 0.5) is 13.2 Å². The van der Waals surface area contributed by atoms with Crippen molar-refractivity contribution >= 4 is 17.5 Å². The fourth-order valence-electron chi connectivity index (χ4n) is 3.38. The zero-order valence-electron chi connectivity index (χ0n) is 18.8. The molecule has 1 aromatic carbocycles. The number of hydrogen-bond donors (Lipinski definition) is 1. The minimum absolute atomic E-state index is 0.134. The van der Waals surface area contributed by atoms with Crippen LogP contribution in [0.1, 0.15) is 43.6 Å². The van der Waals surface area contributed by atoms with Crippen molar-refractivity contribution in [2.45, 2.75) is 50.9 Å². The van der Waals surface area contributed by atoms with Crippen LogP contribution in [0.5, 0.6) is 5.88 Å². The molecule has 0 fully saturated rings. The minimum atomic E-state index is -4.65. The highest BCUT2D eigenvalue weighted by Gasteiger charge is 2.36. The summed E-state index contributed by atoms with van der Waals surface area (Å²) >= 11 is 5.94. The summed E-state index contributed by atoms with van der Waals surface area (Å²) in [6.45, 7) is 4.78. The van der Waals surface area contributed by atoms with Crippen LogP contribution < -0.4 is 10.1 Å². The van der Waals surface area contributed by atoms with Crippen LogP contribution in [-0.4, -0.2) is 32.5 Å². The SMILES string of the molecule is C[C@H](NC(=O)C(C)(C)Oc1cc(C(F)(F)F)ncn1)[C@@H](Cc1ccc(Cl)cn1)c1ccccc1. The number of pyridine rings is 1. The normalized spacial score (nSPS) is 13.7. The third-order valence-corrected chi connectivity index (χ3v) is 5.47. The summed E-state index contributed by atoms with van der Waals surface area (Å²) in [6, 6.07) is 13.5. The van der Waals surface area contributed by atoms with Crippen LogP contribution in [0.2, 0.25) is 5.02 Å². The van der Waals surface area contributed by atoms with E-state index in [2.05, 4.69) is 20.3 Å². The molecule has 6 nitrogen and oxygen atoms in total. The molecule has 0 aliphatic heterocycles. The van der Waals surface area contributed by atoms with E-state index in [0.29, 0.717) is 17.5 Å². The average molecular weight is 493 g/mol. The van der Waals surface area contributed by atoms with Crippen molar-refractivity contribution < 1.29 is 22.7 Å². The molecule has 2 atom stereocenters. The second kappa shape index (κ2) is 10.4. The summed E-state index contributed by atoms with van der Waals surface area (Å²) in [5, 5.41) is 3.46. The maximum atomic E-state index is 13.1. The fourth-order valence-corrected chi connectivity index (χ4v) is 3.49. The van der Waals surface area contributed by atoms with E-state index in [1.807, 2.05) is 43.3 Å². The average Bonchev–Trinajstić information content (AvgIpc) is 2.78. The van der Waals surface area contributed by atoms with Gasteiger partial charge in [-0.2, -0.15) is 13.2 Å². The molecule has 0 saturated heterocycles. The van der Waals surface area contributed by atoms with Crippen molar-refractivity contribution in [2.24, 2.45) is 0 Å². The molecular weight excluding hydrogens is 469 g/mol. The fraction of sp³-hybridized carbons (Fsp3) is 0.333. The number of ether oxygens (including phenoxy) is 1. The molecule has 1 N–H and O–H groups in total. The third-order valence-electron chi connectivity index (χ3n) is 5.25. The lowest BCUT2D eigenvalue weighted by molar-refractivity contribution is -0.141. The summed E-state index contributed by atoms with van der Waals surface area (Å²) in [4.78, 5) is 24.3. The number of aromatic nitrogens is 3. The molecule has 0 unspecified atom stereocenters. The van der Waals surface area contributed by atoms with Gasteiger partial charge in [-0.1, -0.05) is 41.9 Å². The molecule has 0 spiro atoms. The van der Waals surface area contributed by atoms with E-state index in [-0.39, 0.29) is 17.8 Å². The topological polar surface area (TPSA) is 77.0 Å². The predicted octanol–water partition coefficient (Wildman–Crippen LogP) is 5.23. The Balaban J connectivity index is 1.76. The van der Waals surface area contributed by atoms with Crippen molar-refractivity contribution in [3.05, 3.63) is 83.0 Å². The van der Waals surface area contributed by atoms with E-state index in [9.17, 15) is 18.0 Å². The van der Waals surface area contributed by atoms with Gasteiger partial charge < -0.3 is 10.1 Å². The van der Waals surface area contributed by atoms with E-state index < -0.39 is 23.4 Å². The molecule has 3 rings (SSSR count). The van der Waals surface area contributed by atoms with E-state index >= 15 is 0 Å². The number of nitrogens with zero attached hydrogens (tertiary/aromatic N) is 3. The number of carbonyl (C=O) groups is 1. The summed E-state index contributed by atoms with van der Waals surface area (Å²) in [5.74, 6) is -0.984. The summed E-state index contributed by atoms with van der Waals surface area (Å²) in [5.41, 5.74) is -0.848. The zero-order chi connectivity index (χ0) is 24.9. The van der Waals surface area contributed by atoms with Gasteiger partial charge in [-0.25, -0.2) is 9.97 Å². The van der Waals surface area contributed by atoms with Gasteiger partial charge in [0.25, 0.3) is 5.91 Å². The number of carbonyl (C=O) groups excluding carboxylic acids is 1. The molecule has 0 saturated carbocycles. The van der Waals surface area contributed by atoms with Crippen molar-refractivity contribution in [3.8, 4) is 5.88 Å². The Morgan fingerprint density at radius 3 is 2.41 bits per heavy atom. The monoisotopic (exact) mass is 492 g/mol. The maximum absolute atomic E-state index is 13.1. The number of nitrogens with one attached hydrogen (secondary N) is 1. The molecule has 0 aliphatic carbocycles. The van der Waals surface area contributed by atoms with Crippen LogP contribution in [0.25, 0.3) is 0 Å². The van der Waals surface area contributed by atoms with Gasteiger partial charge >= 0.3 is 6.18 Å². The van der Waals surface area contributed by atoms with Crippen molar-refractivity contribution in [2.75, 3.05) is 0 Å². The van der Waals surface area contributed by atoms with Gasteiger partial charge in [0.1, 0.15) is 6.33 Å². The Kier molecular flexibility index (Phi) is 7.76. The molecule has 3 aromatic rings. The van der Waals surface area contributed by atoms with E-state index in [0.717, 1.165) is 17.6 Å². The van der Waals surface area contributed by atoms with Gasteiger partial charge in [0.2, 0.25) is 5.88 Å². The summed E-state index contributed by atoms with van der Waals surface area (Å²) in [7, 11) is 0. The molecule has 2 heterocycles. The van der Waals surface area contributed by atoms with Crippen molar-refractivity contribution in [3.63, 3.8) is 0 Å². The molecule has 0 radical (unpaired) electrons. The van der Waals surface area contributed by atoms with Gasteiger partial charge in [-0.3, -0.25) is 9.78 Å². The first-order valence-corrected chi connectivity index (χ1v) is 10.9. The van der Waals surface area contributed by atoms with Crippen LogP contribution in [0, 0.1) is 0 Å². The standard InChI is InChI=1S/C24H24ClF3N4O2/c1-15(19(16-7-5-4-6-8-16)11-18-10-9-17(25)13-29-18)32-22(33)23(2,3)34-21-12-20(24(26,27)28)30-14-31-21/h4-10,12-15,19H,11H2,1-3H3,(H,32,33)/t15-,19+/m0/s1. The Bertz CT molecular complexity index is 1110. The number of hydrogen-bond acceptors (Lipinski definition) is 5. The maximum Gasteiger partial charge on any atom is 0.433 e. The zero-order valence-corrected chi connectivity index (χ0v) is 19.6. The molecule has 1 amide bonds. The van der Waals surface area contributed by atoms with E-state index in [4.69, 9.17) is 16.3 Å². The van der Waals surface area contributed by atoms with Crippen molar-refractivity contribution in [1.82, 2.24) is 20.3 Å². The Morgan fingerprint density at radius 2 is 1.79 bits per heavy atom. The second-order valence-electron chi connectivity index (χ2n) is 8.30. The highest BCUT2D eigenvalue weighted by Crippen LogP contribution is 2.30. The van der Waals surface area contributed by atoms with Crippen LogP contribution in [0.15, 0.2) is 61.1 Å². The number of halogens is 4. The largest absolute Gasteiger partial charge is 0.461 e. The number of rotatable bonds is 8. The van der Waals surface area contributed by atoms with Crippen LogP contribution >= 0.6 is 11.6 Å². The number of amides is 1. The highest BCUT2D eigenvalue weighted by molar-refractivity contribution is 6.30. The molecule has 34 heavy (non-hydrogen) atoms. The first-order chi connectivity index (χ1) is 16.0. The first-order valence-electron chi connectivity index (χ1n) is 10.5. The van der Waals surface area contributed by atoms with E-state index in [1.165, 1.54) is 13.8 Å². The summed E-state index contributed by atoms with van der Waals surface area (Å²) < 4.78 is 44.4. The molecule has 2 aromatic heterocycles. The molecule has 0 bridgehead atoms. The van der Waals surface area contributed by atoms with Crippen LogP contribution in [-0.2, 0) is 17.4 Å². The predicted molar refractivity (Wildman–Crippen MR) is 121 cm³/mol. The smallest absolute Gasteiger partial charge is 0.433 e. The lowest BCUT2D eigenvalue weighted by Gasteiger charge is -2.30. The highest BCUT2D eigenvalue weighted by atomic mass is 35.5. The minimum Gasteiger partial charge on any atom is -0.461 e. The molecule has 180 valence electrons. The van der Waals surface area contributed by atoms with Gasteiger partial charge in [0.05, 0.1) is 5.02 Å². The van der Waals surface area contributed by atoms with Crippen molar-refractivity contribution in [1.29, 1.82) is 0 Å². The number of alkyl halides is 3. The third kappa shape index (κ3) is 6.66. The second-order valence-corrected chi connectivity index (χ2v) is 8.74. The molecular formula is C24H24ClF3N4O2. The van der Waals surface area contributed by atoms with Crippen LogP contribution in [0.3, 0.4) is 0 Å². The molecule has 0 aliphatic rings. The summed E-state index contributed by atoms with van der Waals surface area (Å²) in [6.07, 6.45) is -1.80. The van der Waals surface area contributed by atoms with Gasteiger partial charge in [-0.05, 0) is 44.9 Å². The quantitative estimate of drug-likeness (QED) is 0.466. The van der Waals surface area contributed by atoms with E-state index in [1.54, 1.807) is 12.3 Å². The Hall–Kier alpha value is -3.20. The number of benzene rings is 1. The Labute approximate surface area is 200 Å². The van der Waals surface area contributed by atoms with Gasteiger partial charge in [0.15, 0.2) is 11.3 Å².